The fourth-order valence-electron chi connectivity index (χ4n) is 2.23. The summed E-state index contributed by atoms with van der Waals surface area (Å²) in [6.45, 7) is 1.95. The van der Waals surface area contributed by atoms with Gasteiger partial charge in [0.25, 0.3) is 0 Å². The minimum Gasteiger partial charge on any atom is -0.341 e. The zero-order valence-electron chi connectivity index (χ0n) is 12.0. The summed E-state index contributed by atoms with van der Waals surface area (Å²) in [7, 11) is 0. The van der Waals surface area contributed by atoms with E-state index in [-0.39, 0.29) is 11.6 Å². The highest BCUT2D eigenvalue weighted by molar-refractivity contribution is 6.08. The highest BCUT2D eigenvalue weighted by Crippen LogP contribution is 2.21. The molecule has 22 heavy (non-hydrogen) atoms. The van der Waals surface area contributed by atoms with E-state index in [0.29, 0.717) is 23.5 Å². The summed E-state index contributed by atoms with van der Waals surface area (Å²) in [5.74, 6) is 0.0799. The van der Waals surface area contributed by atoms with Crippen molar-refractivity contribution < 1.29 is 9.18 Å². The number of pyridine rings is 1. The minimum atomic E-state index is -0.308. The maximum absolute atomic E-state index is 13.0. The molecule has 0 aliphatic carbocycles. The van der Waals surface area contributed by atoms with Crippen LogP contribution in [0.2, 0.25) is 0 Å². The minimum absolute atomic E-state index is 0.172. The summed E-state index contributed by atoms with van der Waals surface area (Å²) >= 11 is 0. The lowest BCUT2D eigenvalue weighted by Crippen LogP contribution is -2.05. The molecule has 4 nitrogen and oxygen atoms in total. The van der Waals surface area contributed by atoms with E-state index in [4.69, 9.17) is 0 Å². The van der Waals surface area contributed by atoms with Gasteiger partial charge in [-0.2, -0.15) is 0 Å². The standard InChI is InChI=1S/C17H14FN3O/c1-2-14-15(16(22)12-4-3-9-19-10-12)21-17(20-14)11-5-7-13(18)8-6-11/h3-10H,2H2,1H3,(H,20,21). The van der Waals surface area contributed by atoms with Gasteiger partial charge in [-0.15, -0.1) is 0 Å². The Kier molecular flexibility index (Phi) is 3.78. The molecule has 5 heteroatoms. The lowest BCUT2D eigenvalue weighted by molar-refractivity contribution is 0.103. The maximum atomic E-state index is 13.0. The van der Waals surface area contributed by atoms with E-state index in [1.807, 2.05) is 6.92 Å². The molecule has 1 N–H and O–H groups in total. The van der Waals surface area contributed by atoms with Crippen LogP contribution in [0.3, 0.4) is 0 Å². The smallest absolute Gasteiger partial charge is 0.214 e. The molecule has 2 aromatic heterocycles. The average molecular weight is 295 g/mol. The van der Waals surface area contributed by atoms with Crippen molar-refractivity contribution in [2.75, 3.05) is 0 Å². The number of imidazole rings is 1. The Hall–Kier alpha value is -2.82. The Morgan fingerprint density at radius 1 is 1.23 bits per heavy atom. The van der Waals surface area contributed by atoms with Gasteiger partial charge in [-0.25, -0.2) is 9.37 Å². The van der Waals surface area contributed by atoms with E-state index in [1.165, 1.54) is 18.3 Å². The van der Waals surface area contributed by atoms with Crippen LogP contribution in [-0.2, 0) is 6.42 Å². The second kappa shape index (κ2) is 5.89. The number of nitrogens with zero attached hydrogens (tertiary/aromatic N) is 2. The molecule has 0 aliphatic heterocycles. The predicted octanol–water partition coefficient (Wildman–Crippen LogP) is 3.40. The first-order valence-corrected chi connectivity index (χ1v) is 6.98. The fourth-order valence-corrected chi connectivity index (χ4v) is 2.23. The molecule has 0 bridgehead atoms. The van der Waals surface area contributed by atoms with E-state index in [1.54, 1.807) is 30.5 Å². The van der Waals surface area contributed by atoms with E-state index < -0.39 is 0 Å². The summed E-state index contributed by atoms with van der Waals surface area (Å²) in [5, 5.41) is 0. The van der Waals surface area contributed by atoms with Gasteiger partial charge in [0.2, 0.25) is 5.78 Å². The summed E-state index contributed by atoms with van der Waals surface area (Å²) in [6.07, 6.45) is 3.79. The van der Waals surface area contributed by atoms with Crippen molar-refractivity contribution in [3.63, 3.8) is 0 Å². The Bertz CT molecular complexity index is 795. The van der Waals surface area contributed by atoms with E-state index in [2.05, 4.69) is 15.0 Å². The second-order valence-electron chi connectivity index (χ2n) is 4.84. The molecule has 0 spiro atoms. The Morgan fingerprint density at radius 3 is 2.64 bits per heavy atom. The van der Waals surface area contributed by atoms with Crippen LogP contribution in [0.5, 0.6) is 0 Å². The monoisotopic (exact) mass is 295 g/mol. The molecule has 0 amide bonds. The first kappa shape index (κ1) is 14.1. The number of halogens is 1. The van der Waals surface area contributed by atoms with Gasteiger partial charge in [-0.1, -0.05) is 6.92 Å². The van der Waals surface area contributed by atoms with Crippen molar-refractivity contribution in [3.05, 3.63) is 71.6 Å². The normalized spacial score (nSPS) is 10.6. The molecule has 0 unspecified atom stereocenters. The first-order chi connectivity index (χ1) is 10.7. The van der Waals surface area contributed by atoms with Crippen LogP contribution in [0, 0.1) is 5.82 Å². The number of hydrogen-bond donors (Lipinski definition) is 1. The molecule has 1 aromatic carbocycles. The molecule has 0 atom stereocenters. The van der Waals surface area contributed by atoms with Crippen molar-refractivity contribution in [1.82, 2.24) is 15.0 Å². The molecular weight excluding hydrogens is 281 g/mol. The van der Waals surface area contributed by atoms with Gasteiger partial charge in [0.1, 0.15) is 17.3 Å². The van der Waals surface area contributed by atoms with Gasteiger partial charge in [-0.05, 0) is 42.8 Å². The van der Waals surface area contributed by atoms with Gasteiger partial charge in [0.05, 0.1) is 0 Å². The largest absolute Gasteiger partial charge is 0.341 e. The summed E-state index contributed by atoms with van der Waals surface area (Å²) in [4.78, 5) is 24.0. The van der Waals surface area contributed by atoms with Crippen LogP contribution >= 0.6 is 0 Å². The van der Waals surface area contributed by atoms with Crippen molar-refractivity contribution in [2.45, 2.75) is 13.3 Å². The topological polar surface area (TPSA) is 58.6 Å². The van der Waals surface area contributed by atoms with Crippen LogP contribution in [0.4, 0.5) is 4.39 Å². The van der Waals surface area contributed by atoms with Crippen LogP contribution in [0.25, 0.3) is 11.4 Å². The summed E-state index contributed by atoms with van der Waals surface area (Å²) in [5.41, 5.74) is 2.37. The van der Waals surface area contributed by atoms with Crippen molar-refractivity contribution >= 4 is 5.78 Å². The number of aromatic amines is 1. The highest BCUT2D eigenvalue weighted by Gasteiger charge is 2.18. The van der Waals surface area contributed by atoms with Crippen molar-refractivity contribution in [1.29, 1.82) is 0 Å². The van der Waals surface area contributed by atoms with Gasteiger partial charge in [-0.3, -0.25) is 9.78 Å². The molecule has 110 valence electrons. The third kappa shape index (κ3) is 2.65. The third-order valence-electron chi connectivity index (χ3n) is 3.39. The number of benzene rings is 1. The molecule has 0 saturated heterocycles. The average Bonchev–Trinajstić information content (AvgIpc) is 3.00. The predicted molar refractivity (Wildman–Crippen MR) is 81.0 cm³/mol. The summed E-state index contributed by atoms with van der Waals surface area (Å²) < 4.78 is 13.0. The quantitative estimate of drug-likeness (QED) is 0.750. The lowest BCUT2D eigenvalue weighted by Gasteiger charge is -1.98. The number of ketones is 1. The number of H-pyrrole nitrogens is 1. The van der Waals surface area contributed by atoms with Crippen LogP contribution < -0.4 is 0 Å². The van der Waals surface area contributed by atoms with Gasteiger partial charge >= 0.3 is 0 Å². The Balaban J connectivity index is 2.02. The lowest BCUT2D eigenvalue weighted by atomic mass is 10.1. The summed E-state index contributed by atoms with van der Waals surface area (Å²) in [6, 6.07) is 9.42. The fraction of sp³-hybridized carbons (Fsp3) is 0.118. The number of nitrogens with one attached hydrogen (secondary N) is 1. The number of aromatic nitrogens is 3. The number of hydrogen-bond acceptors (Lipinski definition) is 3. The SMILES string of the molecule is CCc1[nH]c(-c2ccc(F)cc2)nc1C(=O)c1cccnc1. The van der Waals surface area contributed by atoms with Gasteiger partial charge in [0, 0.05) is 29.2 Å². The number of rotatable bonds is 4. The highest BCUT2D eigenvalue weighted by atomic mass is 19.1. The van der Waals surface area contributed by atoms with Crippen molar-refractivity contribution in [3.8, 4) is 11.4 Å². The van der Waals surface area contributed by atoms with E-state index >= 15 is 0 Å². The maximum Gasteiger partial charge on any atom is 0.214 e. The van der Waals surface area contributed by atoms with Crippen LogP contribution in [0.1, 0.15) is 28.7 Å². The molecular formula is C17H14FN3O. The Morgan fingerprint density at radius 2 is 2.00 bits per heavy atom. The number of aryl methyl sites for hydroxylation is 1. The molecule has 3 rings (SSSR count). The zero-order valence-corrected chi connectivity index (χ0v) is 12.0. The molecule has 0 fully saturated rings. The van der Waals surface area contributed by atoms with Crippen LogP contribution in [0.15, 0.2) is 48.8 Å². The molecule has 0 aliphatic rings. The number of carbonyl (C=O) groups is 1. The molecule has 0 saturated carbocycles. The first-order valence-electron chi connectivity index (χ1n) is 6.98. The van der Waals surface area contributed by atoms with E-state index in [9.17, 15) is 9.18 Å². The zero-order chi connectivity index (χ0) is 15.5. The van der Waals surface area contributed by atoms with Crippen LogP contribution in [-0.4, -0.2) is 20.7 Å². The molecule has 2 heterocycles. The third-order valence-corrected chi connectivity index (χ3v) is 3.39. The Labute approximate surface area is 127 Å². The second-order valence-corrected chi connectivity index (χ2v) is 4.84. The molecule has 0 radical (unpaired) electrons. The van der Waals surface area contributed by atoms with Crippen molar-refractivity contribution in [2.24, 2.45) is 0 Å². The number of carbonyl (C=O) groups excluding carboxylic acids is 1. The van der Waals surface area contributed by atoms with E-state index in [0.717, 1.165) is 11.3 Å². The van der Waals surface area contributed by atoms with Gasteiger partial charge < -0.3 is 4.98 Å². The van der Waals surface area contributed by atoms with Gasteiger partial charge in [0.15, 0.2) is 0 Å². The molecule has 3 aromatic rings.